The number of rotatable bonds is 4. The molecule has 2 aromatic carbocycles. The van der Waals surface area contributed by atoms with Crippen molar-refractivity contribution in [3.05, 3.63) is 63.1 Å². The Labute approximate surface area is 130 Å². The first kappa shape index (κ1) is 14.7. The summed E-state index contributed by atoms with van der Waals surface area (Å²) >= 11 is 19.2. The van der Waals surface area contributed by atoms with Crippen molar-refractivity contribution in [1.82, 2.24) is 0 Å². The SMILES string of the molecule is O=C(CSc1cccc(Cl)c1)c1cc(Cl)ccc1Cl. The van der Waals surface area contributed by atoms with Gasteiger partial charge in [0.25, 0.3) is 0 Å². The summed E-state index contributed by atoms with van der Waals surface area (Å²) in [6.45, 7) is 0. The molecule has 0 atom stereocenters. The Morgan fingerprint density at radius 2 is 1.74 bits per heavy atom. The van der Waals surface area contributed by atoms with Crippen LogP contribution in [0.4, 0.5) is 0 Å². The first-order chi connectivity index (χ1) is 9.06. The van der Waals surface area contributed by atoms with Gasteiger partial charge < -0.3 is 0 Å². The summed E-state index contributed by atoms with van der Waals surface area (Å²) in [5, 5.41) is 1.57. The second-order valence-electron chi connectivity index (χ2n) is 3.79. The summed E-state index contributed by atoms with van der Waals surface area (Å²) in [6, 6.07) is 12.2. The van der Waals surface area contributed by atoms with E-state index in [-0.39, 0.29) is 5.78 Å². The minimum Gasteiger partial charge on any atom is -0.293 e. The number of carbonyl (C=O) groups is 1. The monoisotopic (exact) mass is 330 g/mol. The van der Waals surface area contributed by atoms with Gasteiger partial charge in [0.1, 0.15) is 0 Å². The third-order valence-corrected chi connectivity index (χ3v) is 4.19. The van der Waals surface area contributed by atoms with Gasteiger partial charge in [0.15, 0.2) is 5.78 Å². The van der Waals surface area contributed by atoms with Crippen LogP contribution in [-0.4, -0.2) is 11.5 Å². The second kappa shape index (κ2) is 6.67. The number of ketones is 1. The molecule has 5 heteroatoms. The first-order valence-corrected chi connectivity index (χ1v) is 7.55. The molecule has 0 heterocycles. The van der Waals surface area contributed by atoms with E-state index in [2.05, 4.69) is 0 Å². The molecule has 2 rings (SSSR count). The van der Waals surface area contributed by atoms with E-state index in [1.165, 1.54) is 11.8 Å². The smallest absolute Gasteiger partial charge is 0.174 e. The summed E-state index contributed by atoms with van der Waals surface area (Å²) in [6.07, 6.45) is 0. The first-order valence-electron chi connectivity index (χ1n) is 5.43. The average Bonchev–Trinajstić information content (AvgIpc) is 2.39. The largest absolute Gasteiger partial charge is 0.293 e. The molecule has 98 valence electrons. The summed E-state index contributed by atoms with van der Waals surface area (Å²) < 4.78 is 0. The quantitative estimate of drug-likeness (QED) is 0.534. The zero-order valence-electron chi connectivity index (χ0n) is 9.70. The zero-order valence-corrected chi connectivity index (χ0v) is 12.8. The lowest BCUT2D eigenvalue weighted by atomic mass is 10.1. The maximum absolute atomic E-state index is 12.1. The van der Waals surface area contributed by atoms with Crippen LogP contribution in [0, 0.1) is 0 Å². The molecule has 0 amide bonds. The maximum Gasteiger partial charge on any atom is 0.174 e. The van der Waals surface area contributed by atoms with Crippen molar-refractivity contribution in [2.75, 3.05) is 5.75 Å². The number of thioether (sulfide) groups is 1. The molecule has 0 radical (unpaired) electrons. The van der Waals surface area contributed by atoms with Crippen molar-refractivity contribution >= 4 is 52.3 Å². The van der Waals surface area contributed by atoms with E-state index in [0.29, 0.717) is 26.4 Å². The Bertz CT molecular complexity index is 613. The highest BCUT2D eigenvalue weighted by atomic mass is 35.5. The van der Waals surface area contributed by atoms with Crippen LogP contribution in [0.1, 0.15) is 10.4 Å². The molecule has 0 fully saturated rings. The minimum absolute atomic E-state index is 0.0579. The molecular weight excluding hydrogens is 323 g/mol. The minimum atomic E-state index is -0.0579. The molecule has 19 heavy (non-hydrogen) atoms. The van der Waals surface area contributed by atoms with Gasteiger partial charge in [-0.3, -0.25) is 4.79 Å². The van der Waals surface area contributed by atoms with Gasteiger partial charge in [0.2, 0.25) is 0 Å². The third kappa shape index (κ3) is 4.15. The van der Waals surface area contributed by atoms with Gasteiger partial charge >= 0.3 is 0 Å². The average molecular weight is 332 g/mol. The van der Waals surface area contributed by atoms with Crippen molar-refractivity contribution in [2.24, 2.45) is 0 Å². The van der Waals surface area contributed by atoms with Gasteiger partial charge in [-0.05, 0) is 36.4 Å². The van der Waals surface area contributed by atoms with Gasteiger partial charge in [-0.25, -0.2) is 0 Å². The van der Waals surface area contributed by atoms with Gasteiger partial charge in [-0.2, -0.15) is 0 Å². The van der Waals surface area contributed by atoms with Crippen molar-refractivity contribution in [3.8, 4) is 0 Å². The van der Waals surface area contributed by atoms with Gasteiger partial charge in [-0.1, -0.05) is 40.9 Å². The Morgan fingerprint density at radius 3 is 2.47 bits per heavy atom. The molecule has 0 spiro atoms. The number of Topliss-reactive ketones (excluding diaryl/α,β-unsaturated/α-hetero) is 1. The normalized spacial score (nSPS) is 10.5. The van der Waals surface area contributed by atoms with Crippen LogP contribution in [-0.2, 0) is 0 Å². The molecule has 0 saturated carbocycles. The Kier molecular flexibility index (Phi) is 5.17. The van der Waals surface area contributed by atoms with E-state index in [9.17, 15) is 4.79 Å². The highest BCUT2D eigenvalue weighted by Gasteiger charge is 2.11. The number of benzene rings is 2. The van der Waals surface area contributed by atoms with Gasteiger partial charge in [-0.15, -0.1) is 11.8 Å². The lowest BCUT2D eigenvalue weighted by molar-refractivity contribution is 0.102. The van der Waals surface area contributed by atoms with Gasteiger partial charge in [0, 0.05) is 20.5 Å². The molecule has 0 bridgehead atoms. The Balaban J connectivity index is 2.07. The number of hydrogen-bond acceptors (Lipinski definition) is 2. The van der Waals surface area contributed by atoms with E-state index < -0.39 is 0 Å². The van der Waals surface area contributed by atoms with Gasteiger partial charge in [0.05, 0.1) is 10.8 Å². The second-order valence-corrected chi connectivity index (χ2v) is 6.12. The van der Waals surface area contributed by atoms with Crippen LogP contribution in [0.2, 0.25) is 15.1 Å². The Hall–Kier alpha value is -0.670. The lowest BCUT2D eigenvalue weighted by Gasteiger charge is -2.04. The fraction of sp³-hybridized carbons (Fsp3) is 0.0714. The van der Waals surface area contributed by atoms with Crippen LogP contribution in [0.3, 0.4) is 0 Å². The van der Waals surface area contributed by atoms with Crippen molar-refractivity contribution < 1.29 is 4.79 Å². The highest BCUT2D eigenvalue weighted by molar-refractivity contribution is 8.00. The van der Waals surface area contributed by atoms with E-state index in [4.69, 9.17) is 34.8 Å². The molecule has 0 saturated heterocycles. The summed E-state index contributed by atoms with van der Waals surface area (Å²) in [4.78, 5) is 13.0. The fourth-order valence-corrected chi connectivity index (χ4v) is 2.98. The van der Waals surface area contributed by atoms with E-state index in [1.54, 1.807) is 24.3 Å². The van der Waals surface area contributed by atoms with Crippen molar-refractivity contribution in [1.29, 1.82) is 0 Å². The molecule has 2 aromatic rings. The van der Waals surface area contributed by atoms with Crippen molar-refractivity contribution in [2.45, 2.75) is 4.90 Å². The summed E-state index contributed by atoms with van der Waals surface area (Å²) in [5.41, 5.74) is 0.448. The highest BCUT2D eigenvalue weighted by Crippen LogP contribution is 2.25. The molecule has 0 unspecified atom stereocenters. The third-order valence-electron chi connectivity index (χ3n) is 2.39. The predicted molar refractivity (Wildman–Crippen MR) is 83.0 cm³/mol. The van der Waals surface area contributed by atoms with Crippen LogP contribution < -0.4 is 0 Å². The van der Waals surface area contributed by atoms with E-state index in [0.717, 1.165) is 4.90 Å². The lowest BCUT2D eigenvalue weighted by Crippen LogP contribution is -2.03. The maximum atomic E-state index is 12.1. The standard InChI is InChI=1S/C14H9Cl3OS/c15-9-2-1-3-11(6-9)19-8-14(18)12-7-10(16)4-5-13(12)17/h1-7H,8H2. The fourth-order valence-electron chi connectivity index (χ4n) is 1.49. The molecular formula is C14H9Cl3OS. The topological polar surface area (TPSA) is 17.1 Å². The van der Waals surface area contributed by atoms with Crippen LogP contribution in [0.5, 0.6) is 0 Å². The predicted octanol–water partition coefficient (Wildman–Crippen LogP) is 5.62. The molecule has 1 nitrogen and oxygen atoms in total. The number of halogens is 3. The van der Waals surface area contributed by atoms with Crippen LogP contribution in [0.15, 0.2) is 47.4 Å². The van der Waals surface area contributed by atoms with E-state index in [1.807, 2.05) is 18.2 Å². The number of carbonyl (C=O) groups excluding carboxylic acids is 1. The summed E-state index contributed by atoms with van der Waals surface area (Å²) in [7, 11) is 0. The Morgan fingerprint density at radius 1 is 1.00 bits per heavy atom. The molecule has 0 aliphatic carbocycles. The molecule has 0 aliphatic heterocycles. The van der Waals surface area contributed by atoms with Crippen LogP contribution in [0.25, 0.3) is 0 Å². The van der Waals surface area contributed by atoms with Crippen LogP contribution >= 0.6 is 46.6 Å². The molecule has 0 aliphatic rings. The zero-order chi connectivity index (χ0) is 13.8. The molecule has 0 N–H and O–H groups in total. The summed E-state index contributed by atoms with van der Waals surface area (Å²) in [5.74, 6) is 0.234. The number of hydrogen-bond donors (Lipinski definition) is 0. The van der Waals surface area contributed by atoms with E-state index >= 15 is 0 Å². The van der Waals surface area contributed by atoms with Crippen molar-refractivity contribution in [3.63, 3.8) is 0 Å². The molecule has 0 aromatic heterocycles.